The van der Waals surface area contributed by atoms with Crippen LogP contribution in [0, 0.1) is 11.3 Å². The SMILES string of the molecule is O=C(O)C1CCN(C(=O)NCC2(Cc3ccc(Br)cc3)CC2)CC1. The summed E-state index contributed by atoms with van der Waals surface area (Å²) in [6.07, 6.45) is 4.37. The van der Waals surface area contributed by atoms with Crippen molar-refractivity contribution in [3.8, 4) is 0 Å². The van der Waals surface area contributed by atoms with Crippen LogP contribution in [-0.4, -0.2) is 41.6 Å². The molecule has 1 aliphatic heterocycles. The monoisotopic (exact) mass is 394 g/mol. The third-order valence-electron chi connectivity index (χ3n) is 5.20. The highest BCUT2D eigenvalue weighted by molar-refractivity contribution is 9.10. The first-order valence-corrected chi connectivity index (χ1v) is 9.27. The van der Waals surface area contributed by atoms with Crippen molar-refractivity contribution in [3.05, 3.63) is 34.3 Å². The molecule has 130 valence electrons. The van der Waals surface area contributed by atoms with Crippen LogP contribution in [0.1, 0.15) is 31.2 Å². The number of aliphatic carboxylic acids is 1. The molecule has 0 radical (unpaired) electrons. The predicted molar refractivity (Wildman–Crippen MR) is 94.8 cm³/mol. The number of carbonyl (C=O) groups excluding carboxylic acids is 1. The minimum Gasteiger partial charge on any atom is -0.481 e. The van der Waals surface area contributed by atoms with Crippen LogP contribution in [0.25, 0.3) is 0 Å². The third kappa shape index (κ3) is 4.29. The van der Waals surface area contributed by atoms with E-state index in [9.17, 15) is 9.59 Å². The maximum Gasteiger partial charge on any atom is 0.317 e. The van der Waals surface area contributed by atoms with Crippen LogP contribution in [0.15, 0.2) is 28.7 Å². The van der Waals surface area contributed by atoms with Crippen molar-refractivity contribution in [2.45, 2.75) is 32.1 Å². The standard InChI is InChI=1S/C18H23BrN2O3/c19-15-3-1-13(2-4-15)11-18(7-8-18)12-20-17(24)21-9-5-14(6-10-21)16(22)23/h1-4,14H,5-12H2,(H,20,24)(H,22,23). The van der Waals surface area contributed by atoms with Crippen LogP contribution in [0.5, 0.6) is 0 Å². The van der Waals surface area contributed by atoms with E-state index in [1.54, 1.807) is 4.90 Å². The van der Waals surface area contributed by atoms with E-state index in [4.69, 9.17) is 5.11 Å². The maximum absolute atomic E-state index is 12.3. The van der Waals surface area contributed by atoms with E-state index in [0.717, 1.165) is 23.7 Å². The van der Waals surface area contributed by atoms with Crippen LogP contribution < -0.4 is 5.32 Å². The first kappa shape index (κ1) is 17.3. The molecule has 1 heterocycles. The van der Waals surface area contributed by atoms with Gasteiger partial charge in [0.25, 0.3) is 0 Å². The molecule has 0 atom stereocenters. The average molecular weight is 395 g/mol. The van der Waals surface area contributed by atoms with E-state index in [1.165, 1.54) is 5.56 Å². The summed E-state index contributed by atoms with van der Waals surface area (Å²) >= 11 is 3.45. The molecule has 2 aliphatic rings. The molecule has 0 aromatic heterocycles. The zero-order valence-corrected chi connectivity index (χ0v) is 15.2. The minimum atomic E-state index is -0.749. The molecular formula is C18H23BrN2O3. The van der Waals surface area contributed by atoms with E-state index in [2.05, 4.69) is 45.5 Å². The van der Waals surface area contributed by atoms with Gasteiger partial charge in [-0.05, 0) is 55.2 Å². The molecule has 0 unspecified atom stereocenters. The first-order valence-electron chi connectivity index (χ1n) is 8.47. The van der Waals surface area contributed by atoms with Gasteiger partial charge in [-0.15, -0.1) is 0 Å². The summed E-state index contributed by atoms with van der Waals surface area (Å²) in [5.74, 6) is -1.05. The largest absolute Gasteiger partial charge is 0.481 e. The van der Waals surface area contributed by atoms with Gasteiger partial charge in [0.2, 0.25) is 0 Å². The van der Waals surface area contributed by atoms with Crippen molar-refractivity contribution in [1.82, 2.24) is 10.2 Å². The normalized spacial score (nSPS) is 19.8. The number of carboxylic acid groups (broad SMARTS) is 1. The fourth-order valence-corrected chi connectivity index (χ4v) is 3.60. The number of hydrogen-bond acceptors (Lipinski definition) is 2. The van der Waals surface area contributed by atoms with Crippen molar-refractivity contribution >= 4 is 27.9 Å². The van der Waals surface area contributed by atoms with Gasteiger partial charge < -0.3 is 15.3 Å². The smallest absolute Gasteiger partial charge is 0.317 e. The van der Waals surface area contributed by atoms with Gasteiger partial charge in [-0.25, -0.2) is 4.79 Å². The Bertz CT molecular complexity index is 605. The van der Waals surface area contributed by atoms with Gasteiger partial charge in [0.1, 0.15) is 0 Å². The summed E-state index contributed by atoms with van der Waals surface area (Å²) < 4.78 is 1.08. The zero-order chi connectivity index (χ0) is 17.2. The lowest BCUT2D eigenvalue weighted by Gasteiger charge is -2.30. The highest BCUT2D eigenvalue weighted by Crippen LogP contribution is 2.47. The lowest BCUT2D eigenvalue weighted by molar-refractivity contribution is -0.143. The number of nitrogens with one attached hydrogen (secondary N) is 1. The minimum absolute atomic E-state index is 0.0547. The molecule has 2 amide bonds. The number of piperidine rings is 1. The van der Waals surface area contributed by atoms with Gasteiger partial charge in [0.15, 0.2) is 0 Å². The molecule has 6 heteroatoms. The van der Waals surface area contributed by atoms with Crippen LogP contribution in [-0.2, 0) is 11.2 Å². The number of rotatable bonds is 5. The Labute approximate surface area is 150 Å². The summed E-state index contributed by atoms with van der Waals surface area (Å²) in [5, 5.41) is 12.1. The Morgan fingerprint density at radius 2 is 1.83 bits per heavy atom. The number of amides is 2. The number of urea groups is 1. The summed E-state index contributed by atoms with van der Waals surface area (Å²) in [6.45, 7) is 1.76. The van der Waals surface area contributed by atoms with Crippen molar-refractivity contribution in [3.63, 3.8) is 0 Å². The van der Waals surface area contributed by atoms with Crippen LogP contribution in [0.3, 0.4) is 0 Å². The van der Waals surface area contributed by atoms with Gasteiger partial charge in [-0.3, -0.25) is 4.79 Å². The second-order valence-electron chi connectivity index (χ2n) is 7.06. The summed E-state index contributed by atoms with van der Waals surface area (Å²) in [4.78, 5) is 25.0. The molecule has 2 fully saturated rings. The van der Waals surface area contributed by atoms with Crippen molar-refractivity contribution in [1.29, 1.82) is 0 Å². The number of halogens is 1. The van der Waals surface area contributed by atoms with Crippen LogP contribution >= 0.6 is 15.9 Å². The van der Waals surface area contributed by atoms with E-state index in [-0.39, 0.29) is 17.4 Å². The molecule has 0 spiro atoms. The lowest BCUT2D eigenvalue weighted by Crippen LogP contribution is -2.47. The van der Waals surface area contributed by atoms with E-state index in [1.807, 2.05) is 0 Å². The Kier molecular flexibility index (Phi) is 5.13. The number of carboxylic acids is 1. The molecule has 3 rings (SSSR count). The number of likely N-dealkylation sites (tertiary alicyclic amines) is 1. The van der Waals surface area contributed by atoms with E-state index in [0.29, 0.717) is 32.5 Å². The molecule has 5 nitrogen and oxygen atoms in total. The summed E-state index contributed by atoms with van der Waals surface area (Å²) in [7, 11) is 0. The number of carbonyl (C=O) groups is 2. The van der Waals surface area contributed by atoms with Crippen molar-refractivity contribution in [2.24, 2.45) is 11.3 Å². The van der Waals surface area contributed by atoms with Gasteiger partial charge in [0.05, 0.1) is 5.92 Å². The first-order chi connectivity index (χ1) is 11.5. The van der Waals surface area contributed by atoms with Gasteiger partial charge in [0, 0.05) is 24.1 Å². The van der Waals surface area contributed by atoms with Gasteiger partial charge >= 0.3 is 12.0 Å². The van der Waals surface area contributed by atoms with E-state index < -0.39 is 5.97 Å². The molecule has 1 saturated carbocycles. The predicted octanol–water partition coefficient (Wildman–Crippen LogP) is 3.28. The van der Waals surface area contributed by atoms with Crippen molar-refractivity contribution in [2.75, 3.05) is 19.6 Å². The Morgan fingerprint density at radius 1 is 1.21 bits per heavy atom. The zero-order valence-electron chi connectivity index (χ0n) is 13.6. The number of hydrogen-bond donors (Lipinski definition) is 2. The van der Waals surface area contributed by atoms with Crippen LogP contribution in [0.2, 0.25) is 0 Å². The Balaban J connectivity index is 1.46. The van der Waals surface area contributed by atoms with Crippen LogP contribution in [0.4, 0.5) is 4.79 Å². The number of benzene rings is 1. The van der Waals surface area contributed by atoms with Gasteiger partial charge in [-0.2, -0.15) is 0 Å². The number of nitrogens with zero attached hydrogens (tertiary/aromatic N) is 1. The summed E-state index contributed by atoms with van der Waals surface area (Å²) in [6, 6.07) is 8.30. The molecule has 1 aliphatic carbocycles. The van der Waals surface area contributed by atoms with E-state index >= 15 is 0 Å². The quantitative estimate of drug-likeness (QED) is 0.804. The van der Waals surface area contributed by atoms with Gasteiger partial charge in [-0.1, -0.05) is 28.1 Å². The highest BCUT2D eigenvalue weighted by Gasteiger charge is 2.43. The maximum atomic E-state index is 12.3. The molecule has 1 aromatic carbocycles. The topological polar surface area (TPSA) is 69.6 Å². The molecule has 1 aromatic rings. The Morgan fingerprint density at radius 3 is 2.38 bits per heavy atom. The molecule has 24 heavy (non-hydrogen) atoms. The second-order valence-corrected chi connectivity index (χ2v) is 7.98. The Hall–Kier alpha value is -1.56. The molecule has 1 saturated heterocycles. The average Bonchev–Trinajstić information content (AvgIpc) is 3.35. The lowest BCUT2D eigenvalue weighted by atomic mass is 9.96. The molecule has 2 N–H and O–H groups in total. The highest BCUT2D eigenvalue weighted by atomic mass is 79.9. The fourth-order valence-electron chi connectivity index (χ4n) is 3.33. The molecule has 0 bridgehead atoms. The third-order valence-corrected chi connectivity index (χ3v) is 5.72. The molecular weight excluding hydrogens is 372 g/mol. The second kappa shape index (κ2) is 7.13. The van der Waals surface area contributed by atoms with Crippen molar-refractivity contribution < 1.29 is 14.7 Å². The summed E-state index contributed by atoms with van der Waals surface area (Å²) in [5.41, 5.74) is 1.50. The fraction of sp³-hybridized carbons (Fsp3) is 0.556.